The Balaban J connectivity index is 1.23. The number of hydrogen-bond acceptors (Lipinski definition) is 8. The van der Waals surface area contributed by atoms with Gasteiger partial charge in [-0.15, -0.1) is 0 Å². The van der Waals surface area contributed by atoms with Gasteiger partial charge in [-0.25, -0.2) is 23.1 Å². The summed E-state index contributed by atoms with van der Waals surface area (Å²) in [5.74, 6) is -0.647. The number of alkyl halides is 5. The highest BCUT2D eigenvalue weighted by atomic mass is 32.2. The van der Waals surface area contributed by atoms with Crippen molar-refractivity contribution in [2.45, 2.75) is 108 Å². The summed E-state index contributed by atoms with van der Waals surface area (Å²) < 4.78 is 97.4. The molecule has 3 atom stereocenters. The van der Waals surface area contributed by atoms with E-state index in [2.05, 4.69) is 20.4 Å². The highest BCUT2D eigenvalue weighted by Crippen LogP contribution is 2.36. The van der Waals surface area contributed by atoms with Crippen molar-refractivity contribution in [3.05, 3.63) is 29.3 Å². The molecule has 0 aromatic carbocycles. The minimum absolute atomic E-state index is 0.0350. The summed E-state index contributed by atoms with van der Waals surface area (Å²) in [5.41, 5.74) is 0.828. The number of nitrogens with one attached hydrogen (secondary N) is 1. The van der Waals surface area contributed by atoms with E-state index in [1.54, 1.807) is 12.4 Å². The Bertz CT molecular complexity index is 1360. The predicted molar refractivity (Wildman–Crippen MR) is 146 cm³/mol. The Kier molecular flexibility index (Phi) is 10.3. The summed E-state index contributed by atoms with van der Waals surface area (Å²) in [4.78, 5) is 20.8. The smallest absolute Gasteiger partial charge is 0.389 e. The Morgan fingerprint density at radius 1 is 1.12 bits per heavy atom. The molecule has 2 aliphatic rings. The number of sulfonamides is 1. The first-order chi connectivity index (χ1) is 20.1. The quantitative estimate of drug-likeness (QED) is 0.254. The van der Waals surface area contributed by atoms with Crippen LogP contribution >= 0.6 is 0 Å². The van der Waals surface area contributed by atoms with Crippen molar-refractivity contribution < 1.29 is 39.9 Å². The molecule has 240 valence electrons. The van der Waals surface area contributed by atoms with Gasteiger partial charge in [-0.3, -0.25) is 4.79 Å². The zero-order chi connectivity index (χ0) is 31.5. The second kappa shape index (κ2) is 13.4. The molecular formula is C27H37F5N6O4S. The number of hydrogen-bond donors (Lipinski definition) is 1. The van der Waals surface area contributed by atoms with E-state index in [-0.39, 0.29) is 60.3 Å². The summed E-state index contributed by atoms with van der Waals surface area (Å²) in [7, 11) is -3.99. The Morgan fingerprint density at radius 2 is 1.77 bits per heavy atom. The van der Waals surface area contributed by atoms with Gasteiger partial charge in [-0.1, -0.05) is 6.92 Å². The van der Waals surface area contributed by atoms with Crippen LogP contribution in [0.25, 0.3) is 0 Å². The monoisotopic (exact) mass is 636 g/mol. The number of nitrogens with zero attached hydrogens (tertiary/aromatic N) is 5. The Hall–Kier alpha value is -2.88. The molecule has 1 N–H and O–H groups in total. The van der Waals surface area contributed by atoms with Crippen LogP contribution in [0, 0.1) is 19.8 Å². The molecule has 2 fully saturated rings. The Labute approximate surface area is 247 Å². The molecule has 2 aromatic heterocycles. The summed E-state index contributed by atoms with van der Waals surface area (Å²) in [6.45, 7) is 1.65. The van der Waals surface area contributed by atoms with Gasteiger partial charge in [0, 0.05) is 44.4 Å². The Morgan fingerprint density at radius 3 is 2.35 bits per heavy atom. The highest BCUT2D eigenvalue weighted by molar-refractivity contribution is 7.89. The minimum atomic E-state index is -4.25. The number of halogens is 5. The van der Waals surface area contributed by atoms with Gasteiger partial charge in [-0.2, -0.15) is 31.4 Å². The highest BCUT2D eigenvalue weighted by Gasteiger charge is 2.35. The number of aromatic nitrogens is 4. The van der Waals surface area contributed by atoms with E-state index in [0.29, 0.717) is 36.3 Å². The van der Waals surface area contributed by atoms with Crippen LogP contribution in [0.5, 0.6) is 0 Å². The van der Waals surface area contributed by atoms with Crippen LogP contribution in [0.2, 0.25) is 0 Å². The number of carbonyl (C=O) groups is 1. The molecule has 10 nitrogen and oxygen atoms in total. The van der Waals surface area contributed by atoms with Gasteiger partial charge >= 0.3 is 18.7 Å². The summed E-state index contributed by atoms with van der Waals surface area (Å²) >= 11 is 0. The van der Waals surface area contributed by atoms with Crippen LogP contribution in [0.15, 0.2) is 17.3 Å². The van der Waals surface area contributed by atoms with Gasteiger partial charge in [0.25, 0.3) is 0 Å². The van der Waals surface area contributed by atoms with Crippen molar-refractivity contribution in [2.24, 2.45) is 5.92 Å². The molecule has 16 heteroatoms. The van der Waals surface area contributed by atoms with Crippen LogP contribution in [0.4, 0.5) is 27.9 Å². The van der Waals surface area contributed by atoms with Gasteiger partial charge in [0.15, 0.2) is 0 Å². The lowest BCUT2D eigenvalue weighted by atomic mass is 10.0. The van der Waals surface area contributed by atoms with Gasteiger partial charge in [0.2, 0.25) is 16.0 Å². The first-order valence-corrected chi connectivity index (χ1v) is 15.8. The largest absolute Gasteiger partial charge is 0.462 e. The maximum atomic E-state index is 13.2. The van der Waals surface area contributed by atoms with Gasteiger partial charge in [-0.05, 0) is 69.8 Å². The molecule has 0 spiro atoms. The van der Waals surface area contributed by atoms with E-state index in [1.807, 2.05) is 0 Å². The van der Waals surface area contributed by atoms with Gasteiger partial charge in [0.1, 0.15) is 11.0 Å². The maximum absolute atomic E-state index is 13.2. The number of ether oxygens (including phenoxy) is 1. The minimum Gasteiger partial charge on any atom is -0.462 e. The number of aryl methyl sites for hydroxylation is 1. The molecule has 3 heterocycles. The average molecular weight is 637 g/mol. The van der Waals surface area contributed by atoms with E-state index < -0.39 is 41.1 Å². The third-order valence-electron chi connectivity index (χ3n) is 8.08. The first-order valence-electron chi connectivity index (χ1n) is 14.3. The summed E-state index contributed by atoms with van der Waals surface area (Å²) in [5, 5.41) is 6.92. The first kappa shape index (κ1) is 33.0. The van der Waals surface area contributed by atoms with Gasteiger partial charge in [0.05, 0.1) is 11.4 Å². The molecule has 0 bridgehead atoms. The fourth-order valence-corrected chi connectivity index (χ4v) is 7.67. The fraction of sp³-hybridized carbons (Fsp3) is 0.704. The van der Waals surface area contributed by atoms with Crippen LogP contribution in [0.1, 0.15) is 87.7 Å². The number of anilines is 1. The van der Waals surface area contributed by atoms with Gasteiger partial charge < -0.3 is 10.1 Å². The number of rotatable bonds is 11. The average Bonchev–Trinajstić information content (AvgIpc) is 3.51. The van der Waals surface area contributed by atoms with Crippen LogP contribution in [-0.4, -0.2) is 69.9 Å². The molecule has 4 rings (SSSR count). The number of piperidine rings is 1. The van der Waals surface area contributed by atoms with E-state index in [1.165, 1.54) is 25.1 Å². The van der Waals surface area contributed by atoms with Crippen molar-refractivity contribution in [2.75, 3.05) is 18.4 Å². The molecule has 1 aliphatic heterocycles. The summed E-state index contributed by atoms with van der Waals surface area (Å²) in [6, 6.07) is -0.0857. The second-order valence-corrected chi connectivity index (χ2v) is 13.3. The molecule has 0 unspecified atom stereocenters. The van der Waals surface area contributed by atoms with Crippen molar-refractivity contribution in [3.8, 4) is 0 Å². The normalized spacial score (nSPS) is 21.3. The summed E-state index contributed by atoms with van der Waals surface area (Å²) in [6.07, 6.45) is 0.953. The lowest BCUT2D eigenvalue weighted by Crippen LogP contribution is -2.42. The number of esters is 1. The molecule has 43 heavy (non-hydrogen) atoms. The van der Waals surface area contributed by atoms with E-state index in [0.717, 1.165) is 12.0 Å². The van der Waals surface area contributed by atoms with E-state index in [9.17, 15) is 35.2 Å². The third-order valence-corrected chi connectivity index (χ3v) is 10.2. The third kappa shape index (κ3) is 8.40. The molecule has 2 aromatic rings. The molecule has 0 amide bonds. The fourth-order valence-electron chi connectivity index (χ4n) is 5.84. The van der Waals surface area contributed by atoms with E-state index >= 15 is 0 Å². The molecule has 0 radical (unpaired) electrons. The SMILES string of the molecule is Cc1nn(C(F)F)c(C)c1S(=O)(=O)N1CCC(Nc2ncc([C@H]3CC[C@@H](OC(=O)CC[C@@H](C)CC(F)(F)F)C3)cn2)CC1. The second-order valence-electron chi connectivity index (χ2n) is 11.5. The van der Waals surface area contributed by atoms with Crippen molar-refractivity contribution in [1.29, 1.82) is 0 Å². The van der Waals surface area contributed by atoms with Crippen LogP contribution < -0.4 is 5.32 Å². The zero-order valence-corrected chi connectivity index (χ0v) is 25.1. The lowest BCUT2D eigenvalue weighted by Gasteiger charge is -2.31. The molecule has 1 aliphatic carbocycles. The van der Waals surface area contributed by atoms with Crippen molar-refractivity contribution >= 4 is 21.9 Å². The molecule has 1 saturated heterocycles. The van der Waals surface area contributed by atoms with Crippen LogP contribution in [0.3, 0.4) is 0 Å². The lowest BCUT2D eigenvalue weighted by molar-refractivity contribution is -0.152. The topological polar surface area (TPSA) is 119 Å². The maximum Gasteiger partial charge on any atom is 0.389 e. The van der Waals surface area contributed by atoms with Crippen LogP contribution in [-0.2, 0) is 19.6 Å². The zero-order valence-electron chi connectivity index (χ0n) is 24.3. The van der Waals surface area contributed by atoms with E-state index in [4.69, 9.17) is 4.74 Å². The predicted octanol–water partition coefficient (Wildman–Crippen LogP) is 5.50. The van der Waals surface area contributed by atoms with Crippen molar-refractivity contribution in [3.63, 3.8) is 0 Å². The molecular weight excluding hydrogens is 599 g/mol. The van der Waals surface area contributed by atoms with Crippen molar-refractivity contribution in [1.82, 2.24) is 24.1 Å². The molecule has 1 saturated carbocycles. The number of carbonyl (C=O) groups excluding carboxylic acids is 1. The standard InChI is InChI=1S/C27H37F5N6O4S/c1-16(13-27(30,31)32)4-7-23(39)42-22-6-5-19(12-22)20-14-33-26(34-15-20)35-21-8-10-37(11-9-21)43(40,41)24-17(2)36-38(18(24)3)25(28)29/h14-16,19,21-22,25H,4-13H2,1-3H3,(H,33,34,35)/t16-,19+,22-/m1/s1.